The van der Waals surface area contributed by atoms with Crippen LogP contribution in [0.25, 0.3) is 0 Å². The van der Waals surface area contributed by atoms with Crippen LogP contribution in [0.2, 0.25) is 0 Å². The van der Waals surface area contributed by atoms with E-state index in [4.69, 9.17) is 0 Å². The second kappa shape index (κ2) is 5.74. The largest absolute Gasteiger partial charge is 0.320 e. The molecule has 1 heterocycles. The number of carbonyl (C=O) groups is 1. The first-order chi connectivity index (χ1) is 9.93. The number of nitrogens with zero attached hydrogens (tertiary/aromatic N) is 3. The molecule has 2 rings (SSSR count). The second-order valence-electron chi connectivity index (χ2n) is 4.70. The third kappa shape index (κ3) is 2.91. The standard InChI is InChI=1S/C14H16N4O3/c1-4-17-8-11(18(20)21)13(16-17)14(19)15-12-9(2)6-5-7-10(12)3/h5-8H,4H2,1-3H3,(H,15,19). The molecule has 1 amide bonds. The van der Waals surface area contributed by atoms with Crippen molar-refractivity contribution in [3.8, 4) is 0 Å². The highest BCUT2D eigenvalue weighted by Crippen LogP contribution is 2.22. The number of benzene rings is 1. The molecule has 1 aromatic heterocycles. The first-order valence-corrected chi connectivity index (χ1v) is 6.53. The number of para-hydroxylation sites is 1. The lowest BCUT2D eigenvalue weighted by atomic mass is 10.1. The van der Waals surface area contributed by atoms with Crippen LogP contribution in [0.4, 0.5) is 11.4 Å². The van der Waals surface area contributed by atoms with E-state index in [-0.39, 0.29) is 11.4 Å². The van der Waals surface area contributed by atoms with Crippen molar-refractivity contribution in [2.24, 2.45) is 0 Å². The van der Waals surface area contributed by atoms with Gasteiger partial charge in [0.15, 0.2) is 0 Å². The number of nitrogens with one attached hydrogen (secondary N) is 1. The summed E-state index contributed by atoms with van der Waals surface area (Å²) in [6.07, 6.45) is 1.26. The van der Waals surface area contributed by atoms with E-state index < -0.39 is 10.8 Å². The van der Waals surface area contributed by atoms with E-state index in [0.29, 0.717) is 12.2 Å². The molecule has 0 spiro atoms. The average Bonchev–Trinajstić information content (AvgIpc) is 2.87. The van der Waals surface area contributed by atoms with Crippen molar-refractivity contribution >= 4 is 17.3 Å². The lowest BCUT2D eigenvalue weighted by Gasteiger charge is -2.10. The van der Waals surface area contributed by atoms with Crippen molar-refractivity contribution in [3.05, 3.63) is 51.3 Å². The Labute approximate surface area is 121 Å². The van der Waals surface area contributed by atoms with E-state index in [1.165, 1.54) is 10.9 Å². The highest BCUT2D eigenvalue weighted by atomic mass is 16.6. The van der Waals surface area contributed by atoms with Gasteiger partial charge >= 0.3 is 5.69 Å². The van der Waals surface area contributed by atoms with Crippen LogP contribution >= 0.6 is 0 Å². The first-order valence-electron chi connectivity index (χ1n) is 6.53. The maximum absolute atomic E-state index is 12.3. The zero-order valence-electron chi connectivity index (χ0n) is 12.1. The Kier molecular flexibility index (Phi) is 4.02. The molecule has 1 N–H and O–H groups in total. The fourth-order valence-corrected chi connectivity index (χ4v) is 2.05. The monoisotopic (exact) mass is 288 g/mol. The minimum atomic E-state index is -0.598. The smallest absolute Gasteiger partial charge is 0.320 e. The second-order valence-corrected chi connectivity index (χ2v) is 4.70. The Hall–Kier alpha value is -2.70. The van der Waals surface area contributed by atoms with E-state index in [2.05, 4.69) is 10.4 Å². The summed E-state index contributed by atoms with van der Waals surface area (Å²) in [4.78, 5) is 22.7. The molecule has 0 aliphatic heterocycles. The zero-order valence-corrected chi connectivity index (χ0v) is 12.1. The normalized spacial score (nSPS) is 10.4. The van der Waals surface area contributed by atoms with E-state index in [1.54, 1.807) is 6.92 Å². The van der Waals surface area contributed by atoms with Crippen LogP contribution in [-0.4, -0.2) is 20.6 Å². The summed E-state index contributed by atoms with van der Waals surface area (Å²) < 4.78 is 1.37. The van der Waals surface area contributed by atoms with Crippen LogP contribution in [0.1, 0.15) is 28.5 Å². The lowest BCUT2D eigenvalue weighted by molar-refractivity contribution is -0.385. The summed E-state index contributed by atoms with van der Waals surface area (Å²) >= 11 is 0. The third-order valence-electron chi connectivity index (χ3n) is 3.20. The van der Waals surface area contributed by atoms with Crippen LogP contribution in [0.15, 0.2) is 24.4 Å². The number of anilines is 1. The van der Waals surface area contributed by atoms with Crippen molar-refractivity contribution < 1.29 is 9.72 Å². The van der Waals surface area contributed by atoms with E-state index in [9.17, 15) is 14.9 Å². The fourth-order valence-electron chi connectivity index (χ4n) is 2.05. The molecule has 110 valence electrons. The minimum absolute atomic E-state index is 0.176. The maximum Gasteiger partial charge on any atom is 0.320 e. The maximum atomic E-state index is 12.3. The molecule has 0 aliphatic carbocycles. The summed E-state index contributed by atoms with van der Waals surface area (Å²) in [5.41, 5.74) is 1.97. The molecule has 0 aliphatic rings. The topological polar surface area (TPSA) is 90.1 Å². The lowest BCUT2D eigenvalue weighted by Crippen LogP contribution is -2.16. The molecule has 0 saturated carbocycles. The number of hydrogen-bond donors (Lipinski definition) is 1. The molecule has 0 atom stereocenters. The SMILES string of the molecule is CCn1cc([N+](=O)[O-])c(C(=O)Nc2c(C)cccc2C)n1. The number of aryl methyl sites for hydroxylation is 3. The van der Waals surface area contributed by atoms with Crippen LogP contribution in [-0.2, 0) is 6.54 Å². The molecule has 0 fully saturated rings. The van der Waals surface area contributed by atoms with Gasteiger partial charge in [-0.2, -0.15) is 5.10 Å². The van der Waals surface area contributed by atoms with Gasteiger partial charge in [-0.25, -0.2) is 0 Å². The van der Waals surface area contributed by atoms with Gasteiger partial charge in [0.05, 0.1) is 4.92 Å². The van der Waals surface area contributed by atoms with Gasteiger partial charge in [0.25, 0.3) is 5.91 Å². The van der Waals surface area contributed by atoms with Crippen LogP contribution < -0.4 is 5.32 Å². The van der Waals surface area contributed by atoms with Gasteiger partial charge in [-0.05, 0) is 31.9 Å². The van der Waals surface area contributed by atoms with Gasteiger partial charge in [0, 0.05) is 12.2 Å². The van der Waals surface area contributed by atoms with E-state index in [1.807, 2.05) is 32.0 Å². The van der Waals surface area contributed by atoms with Gasteiger partial charge in [0.2, 0.25) is 5.69 Å². The van der Waals surface area contributed by atoms with Gasteiger partial charge in [-0.3, -0.25) is 19.6 Å². The predicted molar refractivity (Wildman–Crippen MR) is 78.4 cm³/mol. The highest BCUT2D eigenvalue weighted by Gasteiger charge is 2.25. The number of rotatable bonds is 4. The first kappa shape index (κ1) is 14.7. The number of carbonyl (C=O) groups excluding carboxylic acids is 1. The van der Waals surface area contributed by atoms with Crippen LogP contribution in [0.3, 0.4) is 0 Å². The summed E-state index contributed by atoms with van der Waals surface area (Å²) in [5.74, 6) is -0.577. The van der Waals surface area contributed by atoms with Crippen molar-refractivity contribution in [1.29, 1.82) is 0 Å². The third-order valence-corrected chi connectivity index (χ3v) is 3.20. The van der Waals surface area contributed by atoms with Crippen molar-refractivity contribution in [1.82, 2.24) is 9.78 Å². The Morgan fingerprint density at radius 3 is 2.52 bits per heavy atom. The summed E-state index contributed by atoms with van der Waals surface area (Å²) in [6, 6.07) is 5.61. The molecule has 1 aromatic carbocycles. The number of aromatic nitrogens is 2. The van der Waals surface area contributed by atoms with Gasteiger partial charge < -0.3 is 5.32 Å². The molecular weight excluding hydrogens is 272 g/mol. The molecule has 7 nitrogen and oxygen atoms in total. The van der Waals surface area contributed by atoms with Gasteiger partial charge in [-0.15, -0.1) is 0 Å². The van der Waals surface area contributed by atoms with Crippen molar-refractivity contribution in [2.75, 3.05) is 5.32 Å². The quantitative estimate of drug-likeness (QED) is 0.691. The fraction of sp³-hybridized carbons (Fsp3) is 0.286. The molecule has 0 unspecified atom stereocenters. The Balaban J connectivity index is 2.37. The Morgan fingerprint density at radius 1 is 1.38 bits per heavy atom. The van der Waals surface area contributed by atoms with Gasteiger partial charge in [-0.1, -0.05) is 18.2 Å². The molecule has 2 aromatic rings. The molecule has 0 saturated heterocycles. The average molecular weight is 288 g/mol. The number of hydrogen-bond acceptors (Lipinski definition) is 4. The summed E-state index contributed by atoms with van der Waals surface area (Å²) in [5, 5.41) is 17.7. The van der Waals surface area contributed by atoms with Crippen LogP contribution in [0.5, 0.6) is 0 Å². The van der Waals surface area contributed by atoms with E-state index in [0.717, 1.165) is 11.1 Å². The van der Waals surface area contributed by atoms with Crippen LogP contribution in [0, 0.1) is 24.0 Å². The molecule has 0 radical (unpaired) electrons. The molecule has 21 heavy (non-hydrogen) atoms. The number of amides is 1. The summed E-state index contributed by atoms with van der Waals surface area (Å²) in [6.45, 7) is 5.98. The zero-order chi connectivity index (χ0) is 15.6. The van der Waals surface area contributed by atoms with Crippen molar-refractivity contribution in [3.63, 3.8) is 0 Å². The van der Waals surface area contributed by atoms with E-state index >= 15 is 0 Å². The Bertz CT molecular complexity index is 686. The Morgan fingerprint density at radius 2 is 2.00 bits per heavy atom. The molecular formula is C14H16N4O3. The molecule has 7 heteroatoms. The highest BCUT2D eigenvalue weighted by molar-refractivity contribution is 6.06. The van der Waals surface area contributed by atoms with Gasteiger partial charge in [0.1, 0.15) is 6.20 Å². The molecule has 0 bridgehead atoms. The number of nitro groups is 1. The van der Waals surface area contributed by atoms with Crippen molar-refractivity contribution in [2.45, 2.75) is 27.3 Å². The predicted octanol–water partition coefficient (Wildman–Crippen LogP) is 2.68. The summed E-state index contributed by atoms with van der Waals surface area (Å²) in [7, 11) is 0. The minimum Gasteiger partial charge on any atom is -0.320 e.